The van der Waals surface area contributed by atoms with Crippen molar-refractivity contribution in [3.63, 3.8) is 0 Å². The van der Waals surface area contributed by atoms with Crippen LogP contribution in [0.15, 0.2) is 22.3 Å². The molecular weight excluding hydrogens is 434 g/mol. The molecule has 2 atom stereocenters. The minimum Gasteiger partial charge on any atom is -0.481 e. The second-order valence-corrected chi connectivity index (χ2v) is 7.39. The molecule has 0 aliphatic rings. The SMILES string of the molecule is CCC(C(=O)NC(CC(=O)O)C(=O)CN(C)CC)n1ccnc(NCC(=N)/C(C)=N\O)c1=O. The normalized spacial score (nSPS) is 13.3. The number of ketones is 1. The van der Waals surface area contributed by atoms with E-state index in [1.807, 2.05) is 6.92 Å². The lowest BCUT2D eigenvalue weighted by Crippen LogP contribution is -2.49. The van der Waals surface area contributed by atoms with Crippen LogP contribution in [0.1, 0.15) is 39.7 Å². The van der Waals surface area contributed by atoms with Gasteiger partial charge in [0.25, 0.3) is 5.56 Å². The largest absolute Gasteiger partial charge is 0.481 e. The summed E-state index contributed by atoms with van der Waals surface area (Å²) in [7, 11) is 1.70. The molecule has 182 valence electrons. The number of likely N-dealkylation sites (N-methyl/N-ethyl adjacent to an activating group) is 1. The molecule has 33 heavy (non-hydrogen) atoms. The van der Waals surface area contributed by atoms with Crippen LogP contribution in [0, 0.1) is 5.41 Å². The molecule has 1 aromatic rings. The number of rotatable bonds is 14. The van der Waals surface area contributed by atoms with E-state index in [1.54, 1.807) is 18.9 Å². The summed E-state index contributed by atoms with van der Waals surface area (Å²) in [6.07, 6.45) is 2.22. The number of aromatic nitrogens is 2. The molecule has 0 saturated heterocycles. The van der Waals surface area contributed by atoms with Gasteiger partial charge in [0.15, 0.2) is 11.6 Å². The molecule has 5 N–H and O–H groups in total. The van der Waals surface area contributed by atoms with Gasteiger partial charge in [-0.25, -0.2) is 4.98 Å². The van der Waals surface area contributed by atoms with Gasteiger partial charge in [0.05, 0.1) is 37.0 Å². The summed E-state index contributed by atoms with van der Waals surface area (Å²) >= 11 is 0. The third-order valence-corrected chi connectivity index (χ3v) is 4.96. The molecule has 0 fully saturated rings. The van der Waals surface area contributed by atoms with Gasteiger partial charge in [0.1, 0.15) is 6.04 Å². The quantitative estimate of drug-likeness (QED) is 0.142. The van der Waals surface area contributed by atoms with Gasteiger partial charge in [-0.3, -0.25) is 28.6 Å². The topological polar surface area (TPSA) is 190 Å². The molecule has 1 aromatic heterocycles. The predicted octanol–water partition coefficient (Wildman–Crippen LogP) is -0.0435. The zero-order chi connectivity index (χ0) is 25.1. The van der Waals surface area contributed by atoms with Gasteiger partial charge < -0.3 is 26.4 Å². The number of carboxylic acid groups (broad SMARTS) is 1. The average molecular weight is 466 g/mol. The molecule has 1 rings (SSSR count). The number of aliphatic carboxylic acids is 1. The number of carbonyl (C=O) groups is 3. The van der Waals surface area contributed by atoms with Crippen molar-refractivity contribution in [2.75, 3.05) is 32.0 Å². The van der Waals surface area contributed by atoms with E-state index in [2.05, 4.69) is 20.8 Å². The van der Waals surface area contributed by atoms with Gasteiger partial charge in [-0.15, -0.1) is 0 Å². The van der Waals surface area contributed by atoms with Crippen LogP contribution in [0.2, 0.25) is 0 Å². The second-order valence-electron chi connectivity index (χ2n) is 7.39. The standard InChI is InChI=1S/C20H31N7O6/c1-5-15(19(31)24-14(9-17(29)30)16(28)11-26(4)6-2)27-8-7-22-18(20(27)32)23-10-13(21)12(3)25-33/h7-8,14-15,21,33H,5-6,9-11H2,1-4H3,(H,22,23)(H,24,31)(H,29,30)/b21-13?,25-12-. The monoisotopic (exact) mass is 465 g/mol. The van der Waals surface area contributed by atoms with Crippen molar-refractivity contribution in [2.24, 2.45) is 5.16 Å². The number of nitrogens with zero attached hydrogens (tertiary/aromatic N) is 4. The highest BCUT2D eigenvalue weighted by atomic mass is 16.4. The summed E-state index contributed by atoms with van der Waals surface area (Å²) in [4.78, 5) is 55.2. The Hall–Kier alpha value is -3.61. The van der Waals surface area contributed by atoms with E-state index in [9.17, 15) is 19.2 Å². The fourth-order valence-corrected chi connectivity index (χ4v) is 2.84. The molecule has 0 aromatic carbocycles. The summed E-state index contributed by atoms with van der Waals surface area (Å²) in [5.74, 6) is -2.49. The van der Waals surface area contributed by atoms with E-state index in [-0.39, 0.29) is 36.8 Å². The van der Waals surface area contributed by atoms with Gasteiger partial charge in [-0.2, -0.15) is 0 Å². The summed E-state index contributed by atoms with van der Waals surface area (Å²) in [5, 5.41) is 33.7. The highest BCUT2D eigenvalue weighted by molar-refractivity contribution is 6.41. The molecule has 0 bridgehead atoms. The molecular formula is C20H31N7O6. The highest BCUT2D eigenvalue weighted by Gasteiger charge is 2.28. The molecule has 0 saturated carbocycles. The Balaban J connectivity index is 3.09. The molecule has 0 aliphatic carbocycles. The van der Waals surface area contributed by atoms with Gasteiger partial charge in [0.2, 0.25) is 5.91 Å². The Labute approximate surface area is 191 Å². The number of carbonyl (C=O) groups excluding carboxylic acids is 2. The van der Waals surface area contributed by atoms with E-state index in [1.165, 1.54) is 19.3 Å². The third kappa shape index (κ3) is 8.11. The smallest absolute Gasteiger partial charge is 0.305 e. The third-order valence-electron chi connectivity index (χ3n) is 4.96. The average Bonchev–Trinajstić information content (AvgIpc) is 2.77. The first kappa shape index (κ1) is 27.4. The van der Waals surface area contributed by atoms with Crippen LogP contribution in [0.3, 0.4) is 0 Å². The number of hydrogen-bond donors (Lipinski definition) is 5. The molecule has 13 nitrogen and oxygen atoms in total. The Morgan fingerprint density at radius 3 is 2.55 bits per heavy atom. The fraction of sp³-hybridized carbons (Fsp3) is 0.550. The van der Waals surface area contributed by atoms with Crippen molar-refractivity contribution in [1.82, 2.24) is 19.8 Å². The first-order valence-corrected chi connectivity index (χ1v) is 10.4. The molecule has 0 aliphatic heterocycles. The summed E-state index contributed by atoms with van der Waals surface area (Å²) in [6.45, 7) is 5.33. The number of anilines is 1. The van der Waals surface area contributed by atoms with Crippen LogP contribution in [-0.4, -0.2) is 86.6 Å². The molecule has 13 heteroatoms. The minimum absolute atomic E-state index is 0.0304. The lowest BCUT2D eigenvalue weighted by atomic mass is 10.1. The van der Waals surface area contributed by atoms with Crippen molar-refractivity contribution < 1.29 is 24.7 Å². The lowest BCUT2D eigenvalue weighted by molar-refractivity contribution is -0.140. The fourth-order valence-electron chi connectivity index (χ4n) is 2.84. The zero-order valence-corrected chi connectivity index (χ0v) is 19.2. The van der Waals surface area contributed by atoms with Gasteiger partial charge in [0, 0.05) is 12.4 Å². The molecule has 0 spiro atoms. The van der Waals surface area contributed by atoms with Crippen molar-refractivity contribution in [3.05, 3.63) is 22.7 Å². The Bertz CT molecular complexity index is 958. The van der Waals surface area contributed by atoms with Gasteiger partial charge in [-0.05, 0) is 26.9 Å². The van der Waals surface area contributed by atoms with Gasteiger partial charge >= 0.3 is 5.97 Å². The molecule has 2 unspecified atom stereocenters. The number of amides is 1. The first-order valence-electron chi connectivity index (χ1n) is 10.4. The lowest BCUT2D eigenvalue weighted by Gasteiger charge is -2.23. The second kappa shape index (κ2) is 13.1. The van der Waals surface area contributed by atoms with E-state index in [0.29, 0.717) is 6.54 Å². The maximum atomic E-state index is 12.9. The van der Waals surface area contributed by atoms with Crippen molar-refractivity contribution in [1.29, 1.82) is 5.41 Å². The van der Waals surface area contributed by atoms with E-state index in [0.717, 1.165) is 4.57 Å². The predicted molar refractivity (Wildman–Crippen MR) is 121 cm³/mol. The van der Waals surface area contributed by atoms with Crippen molar-refractivity contribution in [3.8, 4) is 0 Å². The first-order chi connectivity index (χ1) is 15.5. The van der Waals surface area contributed by atoms with E-state index >= 15 is 0 Å². The number of oxime groups is 1. The van der Waals surface area contributed by atoms with E-state index in [4.69, 9.17) is 15.7 Å². The Kier molecular flexibility index (Phi) is 10.8. The summed E-state index contributed by atoms with van der Waals surface area (Å²) in [6, 6.07) is -2.26. The Morgan fingerprint density at radius 1 is 1.33 bits per heavy atom. The van der Waals surface area contributed by atoms with E-state index < -0.39 is 41.7 Å². The maximum Gasteiger partial charge on any atom is 0.305 e. The number of carboxylic acids is 1. The van der Waals surface area contributed by atoms with Crippen LogP contribution in [0.4, 0.5) is 5.82 Å². The number of Topliss-reactive ketones (excluding diaryl/α,β-unsaturated/α-hetero) is 1. The maximum absolute atomic E-state index is 12.9. The molecule has 1 amide bonds. The van der Waals surface area contributed by atoms with Crippen LogP contribution in [0.5, 0.6) is 0 Å². The highest BCUT2D eigenvalue weighted by Crippen LogP contribution is 2.11. The number of nitrogens with one attached hydrogen (secondary N) is 3. The summed E-state index contributed by atoms with van der Waals surface area (Å²) in [5.41, 5.74) is -0.642. The van der Waals surface area contributed by atoms with Crippen LogP contribution >= 0.6 is 0 Å². The van der Waals surface area contributed by atoms with Crippen molar-refractivity contribution in [2.45, 2.75) is 45.7 Å². The Morgan fingerprint density at radius 2 is 2.00 bits per heavy atom. The molecule has 0 radical (unpaired) electrons. The van der Waals surface area contributed by atoms with Crippen LogP contribution in [0.25, 0.3) is 0 Å². The van der Waals surface area contributed by atoms with Crippen molar-refractivity contribution >= 4 is 34.9 Å². The number of hydrogen-bond acceptors (Lipinski definition) is 10. The van der Waals surface area contributed by atoms with Gasteiger partial charge in [-0.1, -0.05) is 19.0 Å². The molecule has 1 heterocycles. The van der Waals surface area contributed by atoms with Crippen LogP contribution in [-0.2, 0) is 14.4 Å². The summed E-state index contributed by atoms with van der Waals surface area (Å²) < 4.78 is 1.13. The minimum atomic E-state index is -1.24. The zero-order valence-electron chi connectivity index (χ0n) is 19.2. The van der Waals surface area contributed by atoms with Crippen LogP contribution < -0.4 is 16.2 Å².